The van der Waals surface area contributed by atoms with Gasteiger partial charge in [0.15, 0.2) is 0 Å². The Kier molecular flexibility index (Phi) is 29.1. The van der Waals surface area contributed by atoms with Gasteiger partial charge in [-0.25, -0.2) is 0 Å². The van der Waals surface area contributed by atoms with Crippen molar-refractivity contribution in [2.45, 2.75) is 103 Å². The topological polar surface area (TPSA) is 40.5 Å². The van der Waals surface area contributed by atoms with Crippen molar-refractivity contribution in [3.63, 3.8) is 0 Å². The zero-order valence-electron chi connectivity index (χ0n) is 16.4. The Hall–Kier alpha value is -0.600. The van der Waals surface area contributed by atoms with E-state index in [2.05, 4.69) is 25.7 Å². The third kappa shape index (κ3) is 29.4. The predicted molar refractivity (Wildman–Crippen MR) is 108 cm³/mol. The highest BCUT2D eigenvalue weighted by Gasteiger charge is 1.89. The van der Waals surface area contributed by atoms with E-state index in [4.69, 9.17) is 10.2 Å². The fourth-order valence-corrected chi connectivity index (χ4v) is 2.47. The van der Waals surface area contributed by atoms with E-state index >= 15 is 0 Å². The van der Waals surface area contributed by atoms with Crippen LogP contribution in [0.25, 0.3) is 0 Å². The second kappa shape index (κ2) is 27.3. The van der Waals surface area contributed by atoms with Gasteiger partial charge in [0, 0.05) is 13.2 Å². The molecular formula is C22H44O2. The molecular weight excluding hydrogens is 296 g/mol. The van der Waals surface area contributed by atoms with E-state index in [9.17, 15) is 0 Å². The molecule has 0 rings (SSSR count). The van der Waals surface area contributed by atoms with Crippen molar-refractivity contribution in [1.29, 1.82) is 0 Å². The van der Waals surface area contributed by atoms with Crippen LogP contribution in [0.4, 0.5) is 0 Å². The average molecular weight is 341 g/mol. The summed E-state index contributed by atoms with van der Waals surface area (Å²) in [6, 6.07) is 0. The summed E-state index contributed by atoms with van der Waals surface area (Å²) < 4.78 is 0. The molecule has 2 N–H and O–H groups in total. The fraction of sp³-hybridized carbons (Fsp3) is 0.818. The van der Waals surface area contributed by atoms with Gasteiger partial charge in [-0.3, -0.25) is 0 Å². The van der Waals surface area contributed by atoms with Crippen molar-refractivity contribution in [3.8, 4) is 0 Å². The van der Waals surface area contributed by atoms with Gasteiger partial charge in [0.1, 0.15) is 0 Å². The van der Waals surface area contributed by atoms with Crippen molar-refractivity contribution in [2.24, 2.45) is 0 Å². The molecule has 144 valence electrons. The number of rotatable bonds is 17. The fourth-order valence-electron chi connectivity index (χ4n) is 2.47. The molecule has 0 spiro atoms. The standard InChI is InChI=1S/C12H24O.C10H20O/c1-2-3-4-5-6-7-8-9-10-11-12-13;1-2-3-4-5-6-7-8-9-10-11/h3-4,13H,2,5-12H2,1H3;2,11H,1,3-10H2/b4-3+;. The summed E-state index contributed by atoms with van der Waals surface area (Å²) in [6.07, 6.45) is 24.9. The first-order valence-corrected chi connectivity index (χ1v) is 10.3. The quantitative estimate of drug-likeness (QED) is 0.232. The molecule has 0 aliphatic heterocycles. The maximum atomic E-state index is 8.56. The summed E-state index contributed by atoms with van der Waals surface area (Å²) >= 11 is 0. The average Bonchev–Trinajstić information content (AvgIpc) is 2.60. The number of aliphatic hydroxyl groups is 2. The minimum atomic E-state index is 0.354. The summed E-state index contributed by atoms with van der Waals surface area (Å²) in [5.74, 6) is 0. The number of hydrogen-bond donors (Lipinski definition) is 2. The van der Waals surface area contributed by atoms with Crippen LogP contribution >= 0.6 is 0 Å². The molecule has 0 aliphatic carbocycles. The molecule has 0 radical (unpaired) electrons. The summed E-state index contributed by atoms with van der Waals surface area (Å²) in [5.41, 5.74) is 0. The Balaban J connectivity index is 0. The van der Waals surface area contributed by atoms with Gasteiger partial charge in [-0.05, 0) is 44.9 Å². The van der Waals surface area contributed by atoms with E-state index in [1.165, 1.54) is 70.6 Å². The van der Waals surface area contributed by atoms with Crippen LogP contribution in [0.15, 0.2) is 24.8 Å². The first-order chi connectivity index (χ1) is 11.8. The van der Waals surface area contributed by atoms with E-state index in [0.717, 1.165) is 25.7 Å². The molecule has 0 aromatic heterocycles. The molecule has 0 unspecified atom stereocenters. The van der Waals surface area contributed by atoms with Crippen LogP contribution in [0.5, 0.6) is 0 Å². The lowest BCUT2D eigenvalue weighted by Gasteiger charge is -1.98. The molecule has 2 nitrogen and oxygen atoms in total. The van der Waals surface area contributed by atoms with Gasteiger partial charge in [0.25, 0.3) is 0 Å². The van der Waals surface area contributed by atoms with Crippen LogP contribution in [-0.4, -0.2) is 23.4 Å². The summed E-state index contributed by atoms with van der Waals surface area (Å²) in [7, 11) is 0. The normalized spacial score (nSPS) is 10.6. The molecule has 2 heteroatoms. The molecule has 0 aromatic carbocycles. The Morgan fingerprint density at radius 2 is 1.00 bits per heavy atom. The molecule has 24 heavy (non-hydrogen) atoms. The number of hydrogen-bond acceptors (Lipinski definition) is 2. The molecule has 0 amide bonds. The predicted octanol–water partition coefficient (Wildman–Crippen LogP) is 6.57. The maximum absolute atomic E-state index is 8.56. The monoisotopic (exact) mass is 340 g/mol. The van der Waals surface area contributed by atoms with E-state index in [1.54, 1.807) is 0 Å². The third-order valence-electron chi connectivity index (χ3n) is 4.00. The Morgan fingerprint density at radius 3 is 1.42 bits per heavy atom. The van der Waals surface area contributed by atoms with Crippen LogP contribution in [0.2, 0.25) is 0 Å². The van der Waals surface area contributed by atoms with Gasteiger partial charge in [-0.15, -0.1) is 6.58 Å². The summed E-state index contributed by atoms with van der Waals surface area (Å²) in [4.78, 5) is 0. The molecule has 0 saturated heterocycles. The van der Waals surface area contributed by atoms with E-state index < -0.39 is 0 Å². The van der Waals surface area contributed by atoms with Crippen molar-refractivity contribution in [2.75, 3.05) is 13.2 Å². The van der Waals surface area contributed by atoms with Crippen LogP contribution < -0.4 is 0 Å². The Morgan fingerprint density at radius 1 is 0.583 bits per heavy atom. The minimum absolute atomic E-state index is 0.354. The second-order valence-electron chi connectivity index (χ2n) is 6.44. The molecule has 0 fully saturated rings. The maximum Gasteiger partial charge on any atom is 0.0431 e. The van der Waals surface area contributed by atoms with Crippen molar-refractivity contribution >= 4 is 0 Å². The highest BCUT2D eigenvalue weighted by Crippen LogP contribution is 2.07. The molecule has 0 bridgehead atoms. The second-order valence-corrected chi connectivity index (χ2v) is 6.44. The van der Waals surface area contributed by atoms with E-state index in [1.807, 2.05) is 6.08 Å². The number of unbranched alkanes of at least 4 members (excludes halogenated alkanes) is 12. The largest absolute Gasteiger partial charge is 0.396 e. The lowest BCUT2D eigenvalue weighted by atomic mass is 10.1. The minimum Gasteiger partial charge on any atom is -0.396 e. The third-order valence-corrected chi connectivity index (χ3v) is 4.00. The molecule has 0 saturated carbocycles. The SMILES string of the molecule is C=CCCCCCCCCO.CC/C=C/CCCCCCCCO. The summed E-state index contributed by atoms with van der Waals surface area (Å²) in [5, 5.41) is 17.1. The van der Waals surface area contributed by atoms with Gasteiger partial charge in [-0.1, -0.05) is 76.5 Å². The lowest BCUT2D eigenvalue weighted by molar-refractivity contribution is 0.282. The van der Waals surface area contributed by atoms with Gasteiger partial charge < -0.3 is 10.2 Å². The first kappa shape index (κ1) is 25.6. The zero-order chi connectivity index (χ0) is 18.1. The number of allylic oxidation sites excluding steroid dienone is 3. The van der Waals surface area contributed by atoms with Gasteiger partial charge >= 0.3 is 0 Å². The van der Waals surface area contributed by atoms with Crippen LogP contribution in [0.1, 0.15) is 103 Å². The van der Waals surface area contributed by atoms with Crippen LogP contribution in [-0.2, 0) is 0 Å². The summed E-state index contributed by atoms with van der Waals surface area (Å²) in [6.45, 7) is 6.56. The van der Waals surface area contributed by atoms with Gasteiger partial charge in [-0.2, -0.15) is 0 Å². The van der Waals surface area contributed by atoms with E-state index in [-0.39, 0.29) is 0 Å². The molecule has 0 aliphatic rings. The van der Waals surface area contributed by atoms with Crippen LogP contribution in [0.3, 0.4) is 0 Å². The highest BCUT2D eigenvalue weighted by atomic mass is 16.3. The molecule has 0 aromatic rings. The van der Waals surface area contributed by atoms with Gasteiger partial charge in [0.05, 0.1) is 0 Å². The highest BCUT2D eigenvalue weighted by molar-refractivity contribution is 4.79. The number of aliphatic hydroxyl groups excluding tert-OH is 2. The van der Waals surface area contributed by atoms with Crippen molar-refractivity contribution in [1.82, 2.24) is 0 Å². The molecule has 0 heterocycles. The Labute approximate surface area is 152 Å². The zero-order valence-corrected chi connectivity index (χ0v) is 16.4. The lowest BCUT2D eigenvalue weighted by Crippen LogP contribution is -1.83. The van der Waals surface area contributed by atoms with E-state index in [0.29, 0.717) is 13.2 Å². The first-order valence-electron chi connectivity index (χ1n) is 10.3. The van der Waals surface area contributed by atoms with Gasteiger partial charge in [0.2, 0.25) is 0 Å². The smallest absolute Gasteiger partial charge is 0.0431 e. The van der Waals surface area contributed by atoms with Crippen molar-refractivity contribution < 1.29 is 10.2 Å². The van der Waals surface area contributed by atoms with Crippen LogP contribution in [0, 0.1) is 0 Å². The Bertz CT molecular complexity index is 236. The van der Waals surface area contributed by atoms with Crippen molar-refractivity contribution in [3.05, 3.63) is 24.8 Å². The molecule has 0 atom stereocenters.